The quantitative estimate of drug-likeness (QED) is 0.704. The lowest BCUT2D eigenvalue weighted by Crippen LogP contribution is -2.46. The molecule has 1 unspecified atom stereocenters. The fourth-order valence-corrected chi connectivity index (χ4v) is 3.21. The van der Waals surface area contributed by atoms with Gasteiger partial charge in [-0.1, -0.05) is 54.5 Å². The van der Waals surface area contributed by atoms with Gasteiger partial charge < -0.3 is 5.32 Å². The Kier molecular flexibility index (Phi) is 6.53. The molecule has 6 heteroatoms. The Morgan fingerprint density at radius 3 is 2.68 bits per heavy atom. The van der Waals surface area contributed by atoms with Crippen molar-refractivity contribution in [1.29, 1.82) is 0 Å². The number of aliphatic imine (C=N–C) groups is 1. The standard InChI is InChI=1S/C22H25N3O3/c1-16-10-12-17(13-11-16)15-23-20(26)9-3-2-6-14-25-21(27)18-7-4-5-8-19(18)24-22(25)28/h4-5,7-8,10-13,18H,2-3,6,9,14-15H2,1H3,(H,23,26). The van der Waals surface area contributed by atoms with Gasteiger partial charge in [-0.2, -0.15) is 4.99 Å². The second-order valence-corrected chi connectivity index (χ2v) is 7.10. The molecule has 0 radical (unpaired) electrons. The number of benzene rings is 1. The monoisotopic (exact) mass is 379 g/mol. The number of aryl methyl sites for hydroxylation is 1. The molecule has 0 bridgehead atoms. The van der Waals surface area contributed by atoms with Crippen molar-refractivity contribution < 1.29 is 14.4 Å². The third-order valence-corrected chi connectivity index (χ3v) is 4.88. The van der Waals surface area contributed by atoms with Crippen molar-refractivity contribution >= 4 is 23.6 Å². The second kappa shape index (κ2) is 9.26. The average molecular weight is 379 g/mol. The summed E-state index contributed by atoms with van der Waals surface area (Å²) in [5.41, 5.74) is 2.78. The second-order valence-electron chi connectivity index (χ2n) is 7.10. The first-order valence-corrected chi connectivity index (χ1v) is 9.65. The highest BCUT2D eigenvalue weighted by molar-refractivity contribution is 6.21. The lowest BCUT2D eigenvalue weighted by molar-refractivity contribution is -0.129. The number of hydrogen-bond acceptors (Lipinski definition) is 3. The number of hydrogen-bond donors (Lipinski definition) is 1. The zero-order valence-corrected chi connectivity index (χ0v) is 16.1. The van der Waals surface area contributed by atoms with Crippen molar-refractivity contribution in [3.05, 3.63) is 59.7 Å². The number of unbranched alkanes of at least 4 members (excludes halogenated alkanes) is 2. The van der Waals surface area contributed by atoms with E-state index >= 15 is 0 Å². The maximum absolute atomic E-state index is 12.5. The SMILES string of the molecule is Cc1ccc(CNC(=O)CCCCCN2C(=O)N=C3C=CC=CC3C2=O)cc1. The van der Waals surface area contributed by atoms with E-state index in [4.69, 9.17) is 0 Å². The molecule has 4 amide bonds. The Morgan fingerprint density at radius 2 is 1.89 bits per heavy atom. The van der Waals surface area contributed by atoms with Crippen LogP contribution in [0.4, 0.5) is 4.79 Å². The molecule has 1 atom stereocenters. The van der Waals surface area contributed by atoms with Crippen molar-refractivity contribution in [2.75, 3.05) is 6.54 Å². The lowest BCUT2D eigenvalue weighted by Gasteiger charge is -2.28. The van der Waals surface area contributed by atoms with Gasteiger partial charge in [0.2, 0.25) is 11.8 Å². The van der Waals surface area contributed by atoms with E-state index < -0.39 is 11.9 Å². The van der Waals surface area contributed by atoms with E-state index in [1.165, 1.54) is 10.5 Å². The molecular weight excluding hydrogens is 354 g/mol. The zero-order chi connectivity index (χ0) is 19.9. The van der Waals surface area contributed by atoms with E-state index in [2.05, 4.69) is 10.3 Å². The molecule has 3 rings (SSSR count). The van der Waals surface area contributed by atoms with Gasteiger partial charge in [0.05, 0.1) is 11.6 Å². The molecule has 2 aliphatic rings. The minimum absolute atomic E-state index is 0.0130. The maximum atomic E-state index is 12.5. The predicted octanol–water partition coefficient (Wildman–Crippen LogP) is 3.32. The summed E-state index contributed by atoms with van der Waals surface area (Å²) in [7, 11) is 0. The Hall–Kier alpha value is -3.02. The van der Waals surface area contributed by atoms with Crippen LogP contribution in [0.25, 0.3) is 0 Å². The number of fused-ring (bicyclic) bond motifs is 1. The largest absolute Gasteiger partial charge is 0.352 e. The fraction of sp³-hybridized carbons (Fsp3) is 0.364. The molecule has 1 aromatic carbocycles. The summed E-state index contributed by atoms with van der Waals surface area (Å²) in [5, 5.41) is 2.91. The molecule has 1 aromatic rings. The van der Waals surface area contributed by atoms with Gasteiger partial charge in [-0.3, -0.25) is 14.5 Å². The van der Waals surface area contributed by atoms with Crippen LogP contribution < -0.4 is 5.32 Å². The number of nitrogens with zero attached hydrogens (tertiary/aromatic N) is 2. The number of imide groups is 1. The van der Waals surface area contributed by atoms with Gasteiger partial charge in [0.25, 0.3) is 0 Å². The van der Waals surface area contributed by atoms with Crippen LogP contribution in [0.1, 0.15) is 36.8 Å². The predicted molar refractivity (Wildman–Crippen MR) is 108 cm³/mol. The summed E-state index contributed by atoms with van der Waals surface area (Å²) in [6, 6.07) is 7.57. The van der Waals surface area contributed by atoms with E-state index in [1.807, 2.05) is 31.2 Å². The van der Waals surface area contributed by atoms with Crippen LogP contribution in [-0.2, 0) is 16.1 Å². The molecule has 28 heavy (non-hydrogen) atoms. The van der Waals surface area contributed by atoms with Crippen LogP contribution in [0.15, 0.2) is 53.6 Å². The van der Waals surface area contributed by atoms with Gasteiger partial charge >= 0.3 is 6.03 Å². The molecule has 0 saturated carbocycles. The smallest absolute Gasteiger partial charge is 0.350 e. The van der Waals surface area contributed by atoms with Crippen LogP contribution in [0, 0.1) is 12.8 Å². The molecule has 0 fully saturated rings. The third kappa shape index (κ3) is 5.03. The van der Waals surface area contributed by atoms with E-state index in [9.17, 15) is 14.4 Å². The van der Waals surface area contributed by atoms with Crippen molar-refractivity contribution in [2.24, 2.45) is 10.9 Å². The Balaban J connectivity index is 1.35. The van der Waals surface area contributed by atoms with Gasteiger partial charge in [-0.25, -0.2) is 4.79 Å². The molecule has 1 heterocycles. The highest BCUT2D eigenvalue weighted by Crippen LogP contribution is 2.20. The third-order valence-electron chi connectivity index (χ3n) is 4.88. The molecule has 1 aliphatic carbocycles. The minimum Gasteiger partial charge on any atom is -0.352 e. The highest BCUT2D eigenvalue weighted by atomic mass is 16.2. The molecule has 0 saturated heterocycles. The lowest BCUT2D eigenvalue weighted by atomic mass is 9.95. The molecular formula is C22H25N3O3. The van der Waals surface area contributed by atoms with Crippen LogP contribution >= 0.6 is 0 Å². The average Bonchev–Trinajstić information content (AvgIpc) is 2.69. The number of amides is 4. The molecule has 6 nitrogen and oxygen atoms in total. The molecule has 0 spiro atoms. The van der Waals surface area contributed by atoms with Crippen molar-refractivity contribution in [3.8, 4) is 0 Å². The summed E-state index contributed by atoms with van der Waals surface area (Å²) in [6.45, 7) is 2.90. The Bertz CT molecular complexity index is 837. The molecule has 1 aliphatic heterocycles. The van der Waals surface area contributed by atoms with Crippen LogP contribution in [0.3, 0.4) is 0 Å². The number of urea groups is 1. The summed E-state index contributed by atoms with van der Waals surface area (Å²) < 4.78 is 0. The summed E-state index contributed by atoms with van der Waals surface area (Å²) >= 11 is 0. The van der Waals surface area contributed by atoms with Crippen LogP contribution in [0.5, 0.6) is 0 Å². The topological polar surface area (TPSA) is 78.8 Å². The summed E-state index contributed by atoms with van der Waals surface area (Å²) in [5.74, 6) is -0.652. The molecule has 0 aromatic heterocycles. The molecule has 1 N–H and O–H groups in total. The Morgan fingerprint density at radius 1 is 1.11 bits per heavy atom. The number of rotatable bonds is 8. The first-order valence-electron chi connectivity index (χ1n) is 9.65. The van der Waals surface area contributed by atoms with E-state index in [0.717, 1.165) is 18.4 Å². The van der Waals surface area contributed by atoms with E-state index in [1.54, 1.807) is 24.3 Å². The fourth-order valence-electron chi connectivity index (χ4n) is 3.21. The normalized spacial score (nSPS) is 18.1. The van der Waals surface area contributed by atoms with E-state index in [-0.39, 0.29) is 11.8 Å². The number of carbonyl (C=O) groups excluding carboxylic acids is 3. The van der Waals surface area contributed by atoms with Crippen LogP contribution in [0.2, 0.25) is 0 Å². The van der Waals surface area contributed by atoms with Crippen molar-refractivity contribution in [2.45, 2.75) is 39.2 Å². The number of allylic oxidation sites excluding steroid dienone is 3. The summed E-state index contributed by atoms with van der Waals surface area (Å²) in [4.78, 5) is 41.7. The van der Waals surface area contributed by atoms with Crippen LogP contribution in [-0.4, -0.2) is 35.0 Å². The number of carbonyl (C=O) groups is 3. The van der Waals surface area contributed by atoms with E-state index in [0.29, 0.717) is 31.6 Å². The van der Waals surface area contributed by atoms with Crippen molar-refractivity contribution in [1.82, 2.24) is 10.2 Å². The highest BCUT2D eigenvalue weighted by Gasteiger charge is 2.35. The zero-order valence-electron chi connectivity index (χ0n) is 16.1. The first kappa shape index (κ1) is 19.7. The van der Waals surface area contributed by atoms with Crippen molar-refractivity contribution in [3.63, 3.8) is 0 Å². The van der Waals surface area contributed by atoms with Gasteiger partial charge in [-0.15, -0.1) is 0 Å². The first-order chi connectivity index (χ1) is 13.5. The Labute approximate surface area is 165 Å². The number of nitrogens with one attached hydrogen (secondary N) is 1. The van der Waals surface area contributed by atoms with Gasteiger partial charge in [0, 0.05) is 19.5 Å². The molecule has 146 valence electrons. The summed E-state index contributed by atoms with van der Waals surface area (Å²) in [6.07, 6.45) is 9.63. The van der Waals surface area contributed by atoms with Gasteiger partial charge in [-0.05, 0) is 31.4 Å². The maximum Gasteiger partial charge on any atom is 0.350 e. The van der Waals surface area contributed by atoms with Gasteiger partial charge in [0.1, 0.15) is 0 Å². The minimum atomic E-state index is -0.493. The van der Waals surface area contributed by atoms with Gasteiger partial charge in [0.15, 0.2) is 0 Å².